The van der Waals surface area contributed by atoms with E-state index in [2.05, 4.69) is 0 Å². The number of nitrogens with zero attached hydrogens (tertiary/aromatic N) is 3. The van der Waals surface area contributed by atoms with E-state index in [1.807, 2.05) is 43.4 Å². The van der Waals surface area contributed by atoms with Crippen LogP contribution in [0.3, 0.4) is 0 Å². The van der Waals surface area contributed by atoms with Crippen molar-refractivity contribution in [3.8, 4) is 0 Å². The Morgan fingerprint density at radius 2 is 1.84 bits per heavy atom. The summed E-state index contributed by atoms with van der Waals surface area (Å²) in [5, 5.41) is 9.66. The first kappa shape index (κ1) is 25.9. The fourth-order valence-corrected chi connectivity index (χ4v) is 6.60. The minimum absolute atomic E-state index is 0.0762. The van der Waals surface area contributed by atoms with Gasteiger partial charge >= 0.3 is 0 Å². The molecule has 8 nitrogen and oxygen atoms in total. The maximum Gasteiger partial charge on any atom is 0.253 e. The molecule has 5 rings (SSSR count). The Balaban J connectivity index is 1.57. The Hall–Kier alpha value is -2.68. The van der Waals surface area contributed by atoms with Crippen LogP contribution >= 0.6 is 11.6 Å². The van der Waals surface area contributed by atoms with Gasteiger partial charge in [-0.05, 0) is 37.8 Å². The van der Waals surface area contributed by atoms with Gasteiger partial charge in [0.2, 0.25) is 11.8 Å². The third-order valence-corrected chi connectivity index (χ3v) is 8.26. The first-order chi connectivity index (χ1) is 17.9. The molecule has 0 aliphatic carbocycles. The Morgan fingerprint density at radius 1 is 1.03 bits per heavy atom. The number of carbonyl (C=O) groups is 3. The maximum atomic E-state index is 14.3. The van der Waals surface area contributed by atoms with Gasteiger partial charge in [0.05, 0.1) is 28.6 Å². The van der Waals surface area contributed by atoms with Crippen LogP contribution in [0.25, 0.3) is 0 Å². The van der Waals surface area contributed by atoms with Crippen LogP contribution in [-0.2, 0) is 19.1 Å². The second-order valence-electron chi connectivity index (χ2n) is 10.2. The number of halogens is 1. The molecule has 37 heavy (non-hydrogen) atoms. The van der Waals surface area contributed by atoms with Crippen molar-refractivity contribution in [1.82, 2.24) is 9.80 Å². The monoisotopic (exact) mass is 527 g/mol. The SMILES string of the molecule is CCCN1CC=C[C@@H]2O[C@]34C=CCN(c5ccccc5Cl)C(=O)C3N(CCCCCO)C(=O)[C@@H]4[C@@H]2C1=O. The zero-order valence-corrected chi connectivity index (χ0v) is 21.8. The Kier molecular flexibility index (Phi) is 7.43. The van der Waals surface area contributed by atoms with E-state index in [0.717, 1.165) is 12.8 Å². The molecule has 0 radical (unpaired) electrons. The number of fused-ring (bicyclic) bond motifs is 2. The van der Waals surface area contributed by atoms with Crippen molar-refractivity contribution in [3.63, 3.8) is 0 Å². The molecule has 4 aliphatic heterocycles. The largest absolute Gasteiger partial charge is 0.396 e. The van der Waals surface area contributed by atoms with Gasteiger partial charge in [-0.3, -0.25) is 14.4 Å². The number of hydrogen-bond acceptors (Lipinski definition) is 5. The lowest BCUT2D eigenvalue weighted by Gasteiger charge is -2.35. The summed E-state index contributed by atoms with van der Waals surface area (Å²) in [6.07, 6.45) is 9.75. The van der Waals surface area contributed by atoms with Gasteiger partial charge in [-0.15, -0.1) is 0 Å². The molecule has 9 heteroatoms. The summed E-state index contributed by atoms with van der Waals surface area (Å²) in [6.45, 7) is 3.81. The van der Waals surface area contributed by atoms with Crippen molar-refractivity contribution >= 4 is 35.0 Å². The third kappa shape index (κ3) is 4.29. The van der Waals surface area contributed by atoms with E-state index in [-0.39, 0.29) is 30.9 Å². The van der Waals surface area contributed by atoms with Crippen molar-refractivity contribution in [2.45, 2.75) is 50.4 Å². The average Bonchev–Trinajstić information content (AvgIpc) is 3.20. The van der Waals surface area contributed by atoms with Gasteiger partial charge in [0, 0.05) is 32.8 Å². The zero-order valence-electron chi connectivity index (χ0n) is 21.1. The molecule has 4 aliphatic rings. The predicted molar refractivity (Wildman–Crippen MR) is 140 cm³/mol. The van der Waals surface area contributed by atoms with Crippen LogP contribution in [0.4, 0.5) is 5.69 Å². The van der Waals surface area contributed by atoms with Crippen LogP contribution in [0.15, 0.2) is 48.6 Å². The standard InChI is InChI=1S/C28H34ClN3O5/c1-2-14-30-15-8-12-21-22(25(30)34)23-26(35)32(16-6-3-7-18-33)24-27(36)31(17-9-13-28(23,24)37-21)20-11-5-4-10-19(20)29/h4-5,8-13,21-24,33H,2-3,6-7,14-18H2,1H3/t21-,22+,23-,24?,28-/m0/s1. The second kappa shape index (κ2) is 10.6. The smallest absolute Gasteiger partial charge is 0.253 e. The molecular formula is C28H34ClN3O5. The van der Waals surface area contributed by atoms with Gasteiger partial charge in [0.15, 0.2) is 0 Å². The zero-order chi connectivity index (χ0) is 26.2. The second-order valence-corrected chi connectivity index (χ2v) is 10.6. The summed E-state index contributed by atoms with van der Waals surface area (Å²) in [5.41, 5.74) is -0.671. The molecule has 5 atom stereocenters. The third-order valence-electron chi connectivity index (χ3n) is 7.94. The van der Waals surface area contributed by atoms with Gasteiger partial charge in [-0.2, -0.15) is 0 Å². The van der Waals surface area contributed by atoms with Gasteiger partial charge < -0.3 is 24.5 Å². The predicted octanol–water partition coefficient (Wildman–Crippen LogP) is 2.79. The summed E-state index contributed by atoms with van der Waals surface area (Å²) in [7, 11) is 0. The highest BCUT2D eigenvalue weighted by Gasteiger charge is 2.71. The average molecular weight is 528 g/mol. The summed E-state index contributed by atoms with van der Waals surface area (Å²) in [6, 6.07) is 6.24. The van der Waals surface area contributed by atoms with E-state index >= 15 is 0 Å². The Labute approximate surface area is 222 Å². The van der Waals surface area contributed by atoms with E-state index < -0.39 is 29.6 Å². The highest BCUT2D eigenvalue weighted by molar-refractivity contribution is 6.34. The van der Waals surface area contributed by atoms with Crippen LogP contribution < -0.4 is 4.90 Å². The molecule has 2 saturated heterocycles. The summed E-state index contributed by atoms with van der Waals surface area (Å²) >= 11 is 6.48. The Bertz CT molecular complexity index is 1120. The molecule has 1 N–H and O–H groups in total. The van der Waals surface area contributed by atoms with Gasteiger partial charge in [0.1, 0.15) is 11.6 Å². The van der Waals surface area contributed by atoms with Crippen LogP contribution in [0, 0.1) is 11.8 Å². The number of ether oxygens (including phenoxy) is 1. The van der Waals surface area contributed by atoms with Gasteiger partial charge in [-0.25, -0.2) is 0 Å². The lowest BCUT2D eigenvalue weighted by molar-refractivity contribution is -0.144. The van der Waals surface area contributed by atoms with E-state index in [0.29, 0.717) is 43.2 Å². The number of anilines is 1. The molecule has 0 aromatic heterocycles. The molecule has 1 spiro atoms. The normalized spacial score (nSPS) is 30.9. The summed E-state index contributed by atoms with van der Waals surface area (Å²) in [5.74, 6) is -2.07. The topological polar surface area (TPSA) is 90.4 Å². The fourth-order valence-electron chi connectivity index (χ4n) is 6.36. The van der Waals surface area contributed by atoms with E-state index in [1.165, 1.54) is 0 Å². The van der Waals surface area contributed by atoms with Crippen molar-refractivity contribution in [3.05, 3.63) is 53.6 Å². The molecule has 0 bridgehead atoms. The molecule has 0 saturated carbocycles. The fraction of sp³-hybridized carbons (Fsp3) is 0.536. The molecule has 3 amide bonds. The number of hydrogen-bond donors (Lipinski definition) is 1. The number of unbranched alkanes of at least 4 members (excludes halogenated alkanes) is 2. The molecule has 1 aromatic rings. The van der Waals surface area contributed by atoms with Gasteiger partial charge in [0.25, 0.3) is 5.91 Å². The van der Waals surface area contributed by atoms with E-state index in [4.69, 9.17) is 16.3 Å². The van der Waals surface area contributed by atoms with Crippen LogP contribution in [0.5, 0.6) is 0 Å². The number of amides is 3. The number of aliphatic hydroxyl groups excluding tert-OH is 1. The van der Waals surface area contributed by atoms with E-state index in [1.54, 1.807) is 26.8 Å². The highest BCUT2D eigenvalue weighted by Crippen LogP contribution is 2.53. The number of aliphatic hydroxyl groups is 1. The van der Waals surface area contributed by atoms with Crippen LogP contribution in [0.2, 0.25) is 5.02 Å². The molecule has 2 fully saturated rings. The van der Waals surface area contributed by atoms with Crippen molar-refractivity contribution < 1.29 is 24.2 Å². The van der Waals surface area contributed by atoms with Crippen molar-refractivity contribution in [1.29, 1.82) is 0 Å². The number of likely N-dealkylation sites (tertiary alicyclic amines) is 1. The first-order valence-corrected chi connectivity index (χ1v) is 13.6. The molecule has 1 aromatic carbocycles. The maximum absolute atomic E-state index is 14.3. The minimum atomic E-state index is -1.24. The Morgan fingerprint density at radius 3 is 2.59 bits per heavy atom. The quantitative estimate of drug-likeness (QED) is 0.415. The van der Waals surface area contributed by atoms with E-state index in [9.17, 15) is 19.5 Å². The van der Waals surface area contributed by atoms with Crippen LogP contribution in [0.1, 0.15) is 32.6 Å². The lowest BCUT2D eigenvalue weighted by atomic mass is 9.77. The number of rotatable bonds is 8. The first-order valence-electron chi connectivity index (χ1n) is 13.2. The lowest BCUT2D eigenvalue weighted by Crippen LogP contribution is -2.55. The van der Waals surface area contributed by atoms with Gasteiger partial charge in [-0.1, -0.05) is 55.0 Å². The van der Waals surface area contributed by atoms with Crippen molar-refractivity contribution in [2.75, 3.05) is 37.7 Å². The highest BCUT2D eigenvalue weighted by atomic mass is 35.5. The summed E-state index contributed by atoms with van der Waals surface area (Å²) in [4.78, 5) is 47.2. The minimum Gasteiger partial charge on any atom is -0.396 e. The molecule has 4 heterocycles. The number of carbonyl (C=O) groups excluding carboxylic acids is 3. The molecule has 198 valence electrons. The van der Waals surface area contributed by atoms with Crippen LogP contribution in [-0.4, -0.2) is 83.2 Å². The molecule has 1 unspecified atom stereocenters. The number of para-hydroxylation sites is 1. The number of benzene rings is 1. The van der Waals surface area contributed by atoms with Crippen molar-refractivity contribution in [2.24, 2.45) is 11.8 Å². The summed E-state index contributed by atoms with van der Waals surface area (Å²) < 4.78 is 6.65. The molecular weight excluding hydrogens is 494 g/mol.